The van der Waals surface area contributed by atoms with E-state index in [9.17, 15) is 34.8 Å². The van der Waals surface area contributed by atoms with Gasteiger partial charge in [-0.15, -0.1) is 0 Å². The number of methoxy groups -OCH3 is 1. The molecule has 3 aromatic carbocycles. The van der Waals surface area contributed by atoms with Crippen LogP contribution in [-0.2, 0) is 28.5 Å². The van der Waals surface area contributed by atoms with Crippen molar-refractivity contribution in [3.8, 4) is 23.0 Å². The summed E-state index contributed by atoms with van der Waals surface area (Å²) in [7, 11) is 6.07. The van der Waals surface area contributed by atoms with E-state index in [1.165, 1.54) is 42.1 Å². The number of phenols is 4. The summed E-state index contributed by atoms with van der Waals surface area (Å²) in [5, 5.41) is 41.4. The van der Waals surface area contributed by atoms with E-state index in [2.05, 4.69) is 68.9 Å². The molecule has 3 unspecified atom stereocenters. The number of likely N-dealkylation sites (tertiary alicyclic amines) is 1. The lowest BCUT2D eigenvalue weighted by Crippen LogP contribution is -2.59. The Hall–Kier alpha value is -5.24. The van der Waals surface area contributed by atoms with Crippen LogP contribution in [0.15, 0.2) is 59.5 Å². The predicted octanol–water partition coefficient (Wildman–Crippen LogP) is 5.81. The lowest BCUT2D eigenvalue weighted by molar-refractivity contribution is -0.131. The second-order valence-corrected chi connectivity index (χ2v) is 15.0. The van der Waals surface area contributed by atoms with Gasteiger partial charge in [-0.25, -0.2) is 4.79 Å². The van der Waals surface area contributed by atoms with E-state index in [4.69, 9.17) is 9.47 Å². The monoisotopic (exact) mass is 783 g/mol. The Balaban J connectivity index is 0.000000174. The molecule has 3 aliphatic rings. The van der Waals surface area contributed by atoms with Gasteiger partial charge in [0.15, 0.2) is 0 Å². The number of nitrogens with zero attached hydrogens (tertiary/aromatic N) is 3. The molecule has 0 saturated carbocycles. The van der Waals surface area contributed by atoms with E-state index in [0.717, 1.165) is 36.0 Å². The summed E-state index contributed by atoms with van der Waals surface area (Å²) in [6, 6.07) is 10.8. The fourth-order valence-electron chi connectivity index (χ4n) is 8.36. The number of halogens is 1. The standard InChI is InChI=1S/C24H26BrN3O3.C16H12O6/c1-27-13-17-8-21-24(30-3,19-5-4-6-20(27)22(17)19)9-15(12-28(21)2)14-31-23(29)16-7-18(25)11-26-10-16;1-5-3-7(17)9-11(13(5)19)15(21)10-8(18)4-6(2)14(20)12(10)16(9)22/h4-7,10-11,13,15,21H,8-9,12,14H2,1-3H3;3-4,17-20H,1-2H3. The fourth-order valence-corrected chi connectivity index (χ4v) is 8.72. The van der Waals surface area contributed by atoms with Crippen molar-refractivity contribution in [1.29, 1.82) is 0 Å². The molecule has 1 saturated heterocycles. The molecule has 8 rings (SSSR count). The highest BCUT2D eigenvalue weighted by atomic mass is 79.9. The lowest BCUT2D eigenvalue weighted by Gasteiger charge is -2.53. The number of hydrogen-bond donors (Lipinski definition) is 4. The summed E-state index contributed by atoms with van der Waals surface area (Å²) in [6.07, 6.45) is 7.20. The Labute approximate surface area is 313 Å². The summed E-state index contributed by atoms with van der Waals surface area (Å²) in [5.74, 6) is -3.62. The van der Waals surface area contributed by atoms with Crippen molar-refractivity contribution >= 4 is 44.4 Å². The fraction of sp³-hybridized carbons (Fsp3) is 0.300. The molecule has 5 aromatic rings. The average Bonchev–Trinajstić information content (AvgIpc) is 3.45. The van der Waals surface area contributed by atoms with E-state index < -0.39 is 40.2 Å². The van der Waals surface area contributed by atoms with Crippen LogP contribution in [-0.4, -0.2) is 85.8 Å². The average molecular weight is 785 g/mol. The van der Waals surface area contributed by atoms with E-state index in [0.29, 0.717) is 12.2 Å². The van der Waals surface area contributed by atoms with Crippen molar-refractivity contribution in [2.75, 3.05) is 27.3 Å². The molecule has 1 fully saturated rings. The largest absolute Gasteiger partial charge is 0.507 e. The van der Waals surface area contributed by atoms with E-state index >= 15 is 0 Å². The van der Waals surface area contributed by atoms with E-state index in [-0.39, 0.29) is 51.3 Å². The Morgan fingerprint density at radius 2 is 1.57 bits per heavy atom. The molecule has 0 radical (unpaired) electrons. The Bertz CT molecular complexity index is 2300. The number of ether oxygens (including phenoxy) is 2. The van der Waals surface area contributed by atoms with Crippen LogP contribution >= 0.6 is 15.9 Å². The Kier molecular flexibility index (Phi) is 9.08. The molecule has 12 nitrogen and oxygen atoms in total. The van der Waals surface area contributed by atoms with Gasteiger partial charge in [0, 0.05) is 66.6 Å². The summed E-state index contributed by atoms with van der Waals surface area (Å²) in [4.78, 5) is 44.1. The molecule has 0 spiro atoms. The number of hydrogen-bond acceptors (Lipinski definition) is 11. The van der Waals surface area contributed by atoms with Crippen molar-refractivity contribution in [3.05, 3.63) is 110 Å². The number of aromatic nitrogens is 2. The smallest absolute Gasteiger partial charge is 0.339 e. The van der Waals surface area contributed by atoms with Gasteiger partial charge in [0.2, 0.25) is 11.6 Å². The molecule has 2 aliphatic carbocycles. The van der Waals surface area contributed by atoms with Crippen LogP contribution in [0, 0.1) is 19.8 Å². The second kappa shape index (κ2) is 13.3. The number of carbonyl (C=O) groups excluding carboxylic acids is 3. The maximum absolute atomic E-state index is 12.6. The molecule has 3 heterocycles. The molecule has 4 N–H and O–H groups in total. The molecule has 0 amide bonds. The van der Waals surface area contributed by atoms with Crippen molar-refractivity contribution < 1.29 is 44.3 Å². The molecule has 3 atom stereocenters. The van der Waals surface area contributed by atoms with Crippen LogP contribution in [0.5, 0.6) is 23.0 Å². The number of likely N-dealkylation sites (N-methyl/N-ethyl adjacent to an activating group) is 1. The second-order valence-electron chi connectivity index (χ2n) is 14.1. The van der Waals surface area contributed by atoms with Gasteiger partial charge in [-0.3, -0.25) is 19.5 Å². The maximum atomic E-state index is 12.6. The third-order valence-corrected chi connectivity index (χ3v) is 11.2. The number of pyridine rings is 1. The highest BCUT2D eigenvalue weighted by Gasteiger charge is 2.52. The summed E-state index contributed by atoms with van der Waals surface area (Å²) in [5.41, 5.74) is 2.85. The summed E-state index contributed by atoms with van der Waals surface area (Å²) < 4.78 is 15.0. The van der Waals surface area contributed by atoms with Gasteiger partial charge in [-0.05, 0) is 96.2 Å². The summed E-state index contributed by atoms with van der Waals surface area (Å²) >= 11 is 3.35. The van der Waals surface area contributed by atoms with Crippen molar-refractivity contribution in [1.82, 2.24) is 14.5 Å². The molecule has 13 heteroatoms. The van der Waals surface area contributed by atoms with Crippen molar-refractivity contribution in [2.24, 2.45) is 13.0 Å². The minimum Gasteiger partial charge on any atom is -0.507 e. The van der Waals surface area contributed by atoms with Gasteiger partial charge in [-0.1, -0.05) is 12.1 Å². The van der Waals surface area contributed by atoms with Crippen LogP contribution in [0.4, 0.5) is 0 Å². The first kappa shape index (κ1) is 36.1. The van der Waals surface area contributed by atoms with Gasteiger partial charge in [0.25, 0.3) is 0 Å². The number of aromatic hydroxyl groups is 4. The van der Waals surface area contributed by atoms with Gasteiger partial charge in [-0.2, -0.15) is 0 Å². The molecular weight excluding hydrogens is 746 g/mol. The number of ketones is 2. The minimum absolute atomic E-state index is 0.172. The number of fused-ring (bicyclic) bond motifs is 4. The normalized spacial score (nSPS) is 20.3. The zero-order valence-electron chi connectivity index (χ0n) is 29.7. The molecular formula is C40H38BrN3O9. The topological polar surface area (TPSA) is 172 Å². The Morgan fingerprint density at radius 1 is 0.943 bits per heavy atom. The van der Waals surface area contributed by atoms with Crippen molar-refractivity contribution in [3.63, 3.8) is 0 Å². The molecule has 53 heavy (non-hydrogen) atoms. The number of esters is 1. The van der Waals surface area contributed by atoms with Crippen LogP contribution in [0.25, 0.3) is 10.9 Å². The van der Waals surface area contributed by atoms with Crippen molar-refractivity contribution in [2.45, 2.75) is 38.3 Å². The van der Waals surface area contributed by atoms with Gasteiger partial charge in [0.05, 0.1) is 34.4 Å². The molecule has 0 bridgehead atoms. The van der Waals surface area contributed by atoms with Gasteiger partial charge >= 0.3 is 5.97 Å². The minimum atomic E-state index is -0.825. The van der Waals surface area contributed by atoms with E-state index in [1.54, 1.807) is 12.3 Å². The predicted molar refractivity (Wildman–Crippen MR) is 198 cm³/mol. The zero-order chi connectivity index (χ0) is 38.1. The maximum Gasteiger partial charge on any atom is 0.339 e. The zero-order valence-corrected chi connectivity index (χ0v) is 31.3. The van der Waals surface area contributed by atoms with Gasteiger partial charge in [0.1, 0.15) is 28.6 Å². The third kappa shape index (κ3) is 5.74. The van der Waals surface area contributed by atoms with Crippen LogP contribution in [0.3, 0.4) is 0 Å². The third-order valence-electron chi connectivity index (χ3n) is 10.8. The Morgan fingerprint density at radius 3 is 2.15 bits per heavy atom. The highest BCUT2D eigenvalue weighted by molar-refractivity contribution is 9.10. The van der Waals surface area contributed by atoms with Crippen LogP contribution in [0.1, 0.15) is 70.9 Å². The number of aryl methyl sites for hydroxylation is 3. The highest BCUT2D eigenvalue weighted by Crippen LogP contribution is 2.50. The van der Waals surface area contributed by atoms with Crippen LogP contribution in [0.2, 0.25) is 0 Å². The number of carbonyl (C=O) groups is 3. The SMILES string of the molecule is COC12CC(COC(=O)c3cncc(Br)c3)CN(C)C1Cc1cn(C)c3cccc2c13.Cc1cc(O)c2c(c1O)C(=O)c1c(O)cc(C)c(O)c1C2=O. The number of phenolic OH excluding ortho intramolecular Hbond substituents is 4. The quantitative estimate of drug-likeness (QED) is 0.126. The van der Waals surface area contributed by atoms with Gasteiger partial charge < -0.3 is 34.5 Å². The van der Waals surface area contributed by atoms with Crippen LogP contribution < -0.4 is 0 Å². The first-order valence-corrected chi connectivity index (χ1v) is 17.8. The summed E-state index contributed by atoms with van der Waals surface area (Å²) in [6.45, 7) is 4.15. The molecule has 1 aliphatic heterocycles. The molecule has 2 aromatic heterocycles. The first-order valence-electron chi connectivity index (χ1n) is 17.0. The first-order chi connectivity index (χ1) is 25.2. The molecule has 274 valence electrons. The number of piperidine rings is 1. The number of rotatable bonds is 4. The lowest BCUT2D eigenvalue weighted by atomic mass is 9.69. The number of benzene rings is 3. The van der Waals surface area contributed by atoms with E-state index in [1.807, 2.05) is 7.11 Å².